The lowest BCUT2D eigenvalue weighted by Gasteiger charge is -2.13. The molecule has 0 fully saturated rings. The van der Waals surface area contributed by atoms with Gasteiger partial charge in [0.15, 0.2) is 0 Å². The average Bonchev–Trinajstić information content (AvgIpc) is 4.01. The van der Waals surface area contributed by atoms with Gasteiger partial charge in [0.1, 0.15) is 0 Å². The van der Waals surface area contributed by atoms with E-state index in [1.165, 1.54) is 70.7 Å². The monoisotopic (exact) mass is 740 g/mol. The van der Waals surface area contributed by atoms with Crippen molar-refractivity contribution in [3.63, 3.8) is 0 Å². The minimum Gasteiger partial charge on any atom is -0.314 e. The summed E-state index contributed by atoms with van der Waals surface area (Å²) in [6.07, 6.45) is 8.58. The van der Waals surface area contributed by atoms with E-state index in [1.807, 2.05) is 6.08 Å². The van der Waals surface area contributed by atoms with Crippen molar-refractivity contribution < 1.29 is 0 Å². The molecule has 0 saturated heterocycles. The molecular weight excluding hydrogens is 705 g/mol. The number of para-hydroxylation sites is 6. The number of allylic oxidation sites excluding steroid dienone is 4. The first-order valence-corrected chi connectivity index (χ1v) is 19.8. The second-order valence-corrected chi connectivity index (χ2v) is 15.0. The lowest BCUT2D eigenvalue weighted by atomic mass is 10.1. The van der Waals surface area contributed by atoms with Gasteiger partial charge in [0.25, 0.3) is 0 Å². The van der Waals surface area contributed by atoms with Crippen LogP contribution in [0.5, 0.6) is 0 Å². The van der Waals surface area contributed by atoms with Gasteiger partial charge in [-0.05, 0) is 60.7 Å². The maximum atomic E-state index is 4.25. The average molecular weight is 741 g/mol. The second-order valence-electron chi connectivity index (χ2n) is 15.0. The van der Waals surface area contributed by atoms with Crippen LogP contribution in [0, 0.1) is 0 Å². The fourth-order valence-electron chi connectivity index (χ4n) is 9.62. The number of hydrogen-bond donors (Lipinski definition) is 0. The molecule has 12 rings (SSSR count). The molecule has 0 radical (unpaired) electrons. The fourth-order valence-corrected chi connectivity index (χ4v) is 9.62. The molecule has 4 nitrogen and oxygen atoms in total. The quantitative estimate of drug-likeness (QED) is 0.151. The van der Waals surface area contributed by atoms with Gasteiger partial charge in [0.2, 0.25) is 0 Å². The Morgan fingerprint density at radius 1 is 0.362 bits per heavy atom. The van der Waals surface area contributed by atoms with Gasteiger partial charge in [0.05, 0.1) is 44.1 Å². The van der Waals surface area contributed by atoms with Crippen LogP contribution < -0.4 is 0 Å². The molecule has 8 aromatic carbocycles. The second kappa shape index (κ2) is 12.6. The summed E-state index contributed by atoms with van der Waals surface area (Å²) >= 11 is 0. The van der Waals surface area contributed by atoms with Gasteiger partial charge in [-0.1, -0.05) is 146 Å². The molecule has 12 aromatic rings. The molecule has 0 amide bonds. The van der Waals surface area contributed by atoms with Crippen molar-refractivity contribution in [2.75, 3.05) is 0 Å². The molecule has 0 aliphatic heterocycles. The van der Waals surface area contributed by atoms with Crippen molar-refractivity contribution in [3.8, 4) is 11.4 Å². The first kappa shape index (κ1) is 32.4. The molecule has 58 heavy (non-hydrogen) atoms. The van der Waals surface area contributed by atoms with Crippen LogP contribution in [0.4, 0.5) is 0 Å². The largest absolute Gasteiger partial charge is 0.314 e. The summed E-state index contributed by atoms with van der Waals surface area (Å²) in [5.41, 5.74) is 12.6. The van der Waals surface area contributed by atoms with Crippen LogP contribution in [-0.4, -0.2) is 18.3 Å². The summed E-state index contributed by atoms with van der Waals surface area (Å²) in [5, 5.41) is 9.76. The van der Waals surface area contributed by atoms with Gasteiger partial charge < -0.3 is 18.3 Å². The van der Waals surface area contributed by atoms with Gasteiger partial charge in [-0.25, -0.2) is 0 Å². The van der Waals surface area contributed by atoms with Crippen molar-refractivity contribution in [1.82, 2.24) is 18.3 Å². The summed E-state index contributed by atoms with van der Waals surface area (Å²) in [4.78, 5) is 0. The van der Waals surface area contributed by atoms with Crippen molar-refractivity contribution in [2.24, 2.45) is 0 Å². The summed E-state index contributed by atoms with van der Waals surface area (Å²) in [6, 6.07) is 65.8. The number of nitrogens with zero attached hydrogens (tertiary/aromatic N) is 4. The van der Waals surface area contributed by atoms with Crippen LogP contribution in [-0.2, 0) is 0 Å². The zero-order valence-electron chi connectivity index (χ0n) is 31.6. The molecule has 0 saturated carbocycles. The van der Waals surface area contributed by atoms with Crippen molar-refractivity contribution >= 4 is 99.1 Å². The Balaban J connectivity index is 1.19. The summed E-state index contributed by atoms with van der Waals surface area (Å²) < 4.78 is 9.70. The smallest absolute Gasteiger partial charge is 0.0788 e. The van der Waals surface area contributed by atoms with E-state index in [1.54, 1.807) is 0 Å². The van der Waals surface area contributed by atoms with Crippen LogP contribution in [0.1, 0.15) is 0 Å². The molecular formula is C54H36N4. The van der Waals surface area contributed by atoms with E-state index < -0.39 is 0 Å². The molecule has 272 valence electrons. The Hall–Kier alpha value is -7.82. The summed E-state index contributed by atoms with van der Waals surface area (Å²) in [5.74, 6) is 0. The predicted molar refractivity (Wildman–Crippen MR) is 247 cm³/mol. The number of aromatic nitrogens is 4. The third kappa shape index (κ3) is 4.51. The Labute approximate surface area is 334 Å². The van der Waals surface area contributed by atoms with Gasteiger partial charge in [-0.2, -0.15) is 0 Å². The van der Waals surface area contributed by atoms with Crippen LogP contribution >= 0.6 is 0 Å². The maximum absolute atomic E-state index is 4.25. The minimum atomic E-state index is 1.01. The van der Waals surface area contributed by atoms with Crippen LogP contribution in [0.25, 0.3) is 110 Å². The van der Waals surface area contributed by atoms with Gasteiger partial charge in [0, 0.05) is 66.4 Å². The molecule has 0 spiro atoms. The van der Waals surface area contributed by atoms with E-state index in [0.29, 0.717) is 0 Å². The number of benzene rings is 8. The zero-order chi connectivity index (χ0) is 38.3. The standard InChI is InChI=1S/C54H36N4/c1-2-17-36(56-48-27-14-11-24-41(48)45-32-33-46-42-25-12-16-29-50(42)58(54(46)53(45)56)38-20-7-4-8-21-38)34-35-55-47-26-13-9-22-39(47)43-30-31-44-40-23-10-15-28-49(40)57(52(44)51(43)55)37-18-5-3-6-19-37/h2-35H,1H2. The number of rotatable bonds is 6. The summed E-state index contributed by atoms with van der Waals surface area (Å²) in [6.45, 7) is 4.25. The van der Waals surface area contributed by atoms with Crippen LogP contribution in [0.3, 0.4) is 0 Å². The summed E-state index contributed by atoms with van der Waals surface area (Å²) in [7, 11) is 0. The van der Waals surface area contributed by atoms with E-state index in [4.69, 9.17) is 0 Å². The van der Waals surface area contributed by atoms with Crippen LogP contribution in [0.2, 0.25) is 0 Å². The minimum absolute atomic E-state index is 1.01. The van der Waals surface area contributed by atoms with E-state index in [0.717, 1.165) is 33.6 Å². The Bertz CT molecular complexity index is 3680. The third-order valence-electron chi connectivity index (χ3n) is 11.9. The molecule has 0 bridgehead atoms. The van der Waals surface area contributed by atoms with Crippen molar-refractivity contribution in [1.29, 1.82) is 0 Å². The van der Waals surface area contributed by atoms with Gasteiger partial charge in [-0.3, -0.25) is 0 Å². The zero-order valence-corrected chi connectivity index (χ0v) is 31.6. The highest BCUT2D eigenvalue weighted by Crippen LogP contribution is 2.43. The molecule has 4 heteroatoms. The SMILES string of the molecule is C=CC=C(C=Cn1c2ccccc2c2ccc3c4ccccc4n(-c4ccccc4)c3c21)n1c2ccccc2c2ccc3c4ccccc4n(-c4ccccc4)c3c21. The van der Waals surface area contributed by atoms with Crippen molar-refractivity contribution in [3.05, 3.63) is 207 Å². The third-order valence-corrected chi connectivity index (χ3v) is 11.9. The molecule has 0 aliphatic carbocycles. The maximum Gasteiger partial charge on any atom is 0.0788 e. The fraction of sp³-hybridized carbons (Fsp3) is 0. The molecule has 4 aromatic heterocycles. The van der Waals surface area contributed by atoms with E-state index >= 15 is 0 Å². The van der Waals surface area contributed by atoms with Gasteiger partial charge in [-0.15, -0.1) is 0 Å². The lowest BCUT2D eigenvalue weighted by molar-refractivity contribution is 1.16. The highest BCUT2D eigenvalue weighted by atomic mass is 15.1. The number of hydrogen-bond acceptors (Lipinski definition) is 0. The van der Waals surface area contributed by atoms with E-state index in [2.05, 4.69) is 225 Å². The van der Waals surface area contributed by atoms with Crippen molar-refractivity contribution in [2.45, 2.75) is 0 Å². The molecule has 0 aliphatic rings. The predicted octanol–water partition coefficient (Wildman–Crippen LogP) is 14.3. The molecule has 0 N–H and O–H groups in total. The first-order chi connectivity index (χ1) is 28.8. The number of fused-ring (bicyclic) bond motifs is 14. The molecule has 4 heterocycles. The normalized spacial score (nSPS) is 12.6. The van der Waals surface area contributed by atoms with Gasteiger partial charge >= 0.3 is 0 Å². The Morgan fingerprint density at radius 3 is 1.29 bits per heavy atom. The van der Waals surface area contributed by atoms with E-state index in [-0.39, 0.29) is 0 Å². The molecule has 0 unspecified atom stereocenters. The highest BCUT2D eigenvalue weighted by molar-refractivity contribution is 6.26. The Morgan fingerprint density at radius 2 is 0.759 bits per heavy atom. The van der Waals surface area contributed by atoms with Crippen LogP contribution in [0.15, 0.2) is 207 Å². The topological polar surface area (TPSA) is 19.7 Å². The molecule has 0 atom stereocenters. The Kier molecular flexibility index (Phi) is 7.05. The lowest BCUT2D eigenvalue weighted by Crippen LogP contribution is -2.00. The highest BCUT2D eigenvalue weighted by Gasteiger charge is 2.23. The van der Waals surface area contributed by atoms with E-state index in [9.17, 15) is 0 Å². The first-order valence-electron chi connectivity index (χ1n) is 19.8.